The lowest BCUT2D eigenvalue weighted by atomic mass is 10.00. The molecule has 1 heterocycles. The molecule has 0 saturated carbocycles. The highest BCUT2D eigenvalue weighted by Crippen LogP contribution is 2.27. The first-order chi connectivity index (χ1) is 13.3. The standard InChI is InChI=1S/C24H24N2O/c27-24(26-17-9-8-13-20-12-5-7-16-23(20)26)25-18-21-14-4-6-15-22(21)19-10-2-1-3-11-19/h1-7,10-12,14-16H,8-9,13,17-18H2,(H,25,27). The quantitative estimate of drug-likeness (QED) is 0.669. The Morgan fingerprint density at radius 1 is 0.852 bits per heavy atom. The number of hydrogen-bond donors (Lipinski definition) is 1. The second kappa shape index (κ2) is 8.09. The summed E-state index contributed by atoms with van der Waals surface area (Å²) in [5.74, 6) is 0. The Hall–Kier alpha value is -3.07. The highest BCUT2D eigenvalue weighted by atomic mass is 16.2. The van der Waals surface area contributed by atoms with Crippen LogP contribution in [0.25, 0.3) is 11.1 Å². The van der Waals surface area contributed by atoms with Crippen molar-refractivity contribution in [1.29, 1.82) is 0 Å². The van der Waals surface area contributed by atoms with Gasteiger partial charge in [0, 0.05) is 18.8 Å². The van der Waals surface area contributed by atoms with Gasteiger partial charge in [0.05, 0.1) is 0 Å². The van der Waals surface area contributed by atoms with E-state index in [2.05, 4.69) is 47.8 Å². The number of benzene rings is 3. The predicted molar refractivity (Wildman–Crippen MR) is 111 cm³/mol. The maximum absolute atomic E-state index is 12.9. The zero-order chi connectivity index (χ0) is 18.5. The Morgan fingerprint density at radius 3 is 2.48 bits per heavy atom. The predicted octanol–water partition coefficient (Wildman–Crippen LogP) is 5.41. The van der Waals surface area contributed by atoms with Gasteiger partial charge >= 0.3 is 6.03 Å². The molecule has 0 saturated heterocycles. The smallest absolute Gasteiger partial charge is 0.322 e. The van der Waals surface area contributed by atoms with E-state index >= 15 is 0 Å². The molecule has 4 rings (SSSR count). The van der Waals surface area contributed by atoms with Gasteiger partial charge < -0.3 is 5.32 Å². The monoisotopic (exact) mass is 356 g/mol. The van der Waals surface area contributed by atoms with Gasteiger partial charge in [0.2, 0.25) is 0 Å². The lowest BCUT2D eigenvalue weighted by Crippen LogP contribution is -2.40. The molecular formula is C24H24N2O. The average Bonchev–Trinajstić information content (AvgIpc) is 2.95. The second-order valence-corrected chi connectivity index (χ2v) is 6.92. The van der Waals surface area contributed by atoms with Crippen LogP contribution in [-0.4, -0.2) is 12.6 Å². The number of carbonyl (C=O) groups is 1. The molecule has 27 heavy (non-hydrogen) atoms. The van der Waals surface area contributed by atoms with Crippen LogP contribution in [0.1, 0.15) is 24.0 Å². The normalized spacial score (nSPS) is 13.6. The molecule has 0 fully saturated rings. The molecule has 0 bridgehead atoms. The van der Waals surface area contributed by atoms with E-state index in [1.54, 1.807) is 0 Å². The zero-order valence-electron chi connectivity index (χ0n) is 15.4. The lowest BCUT2D eigenvalue weighted by Gasteiger charge is -2.23. The van der Waals surface area contributed by atoms with Gasteiger partial charge in [0.1, 0.15) is 0 Å². The summed E-state index contributed by atoms with van der Waals surface area (Å²) in [6.07, 6.45) is 3.19. The summed E-state index contributed by atoms with van der Waals surface area (Å²) in [4.78, 5) is 14.8. The maximum atomic E-state index is 12.9. The van der Waals surface area contributed by atoms with E-state index in [4.69, 9.17) is 0 Å². The van der Waals surface area contributed by atoms with Gasteiger partial charge in [-0.2, -0.15) is 0 Å². The minimum Gasteiger partial charge on any atom is -0.334 e. The third kappa shape index (κ3) is 3.87. The van der Waals surface area contributed by atoms with E-state index < -0.39 is 0 Å². The first-order valence-electron chi connectivity index (χ1n) is 9.59. The number of rotatable bonds is 3. The first-order valence-corrected chi connectivity index (χ1v) is 9.59. The van der Waals surface area contributed by atoms with E-state index in [-0.39, 0.29) is 6.03 Å². The van der Waals surface area contributed by atoms with Crippen LogP contribution in [0.3, 0.4) is 0 Å². The fraction of sp³-hybridized carbons (Fsp3) is 0.208. The van der Waals surface area contributed by atoms with Crippen LogP contribution in [0.5, 0.6) is 0 Å². The fourth-order valence-electron chi connectivity index (χ4n) is 3.74. The van der Waals surface area contributed by atoms with Crippen molar-refractivity contribution in [1.82, 2.24) is 5.32 Å². The molecule has 3 aromatic carbocycles. The minimum absolute atomic E-state index is 0.0211. The van der Waals surface area contributed by atoms with Crippen molar-refractivity contribution in [3.63, 3.8) is 0 Å². The summed E-state index contributed by atoms with van der Waals surface area (Å²) in [6.45, 7) is 1.28. The Labute approximate surface area is 160 Å². The summed E-state index contributed by atoms with van der Waals surface area (Å²) in [5.41, 5.74) is 5.76. The highest BCUT2D eigenvalue weighted by molar-refractivity contribution is 5.93. The largest absolute Gasteiger partial charge is 0.334 e. The molecule has 0 aliphatic carbocycles. The average molecular weight is 356 g/mol. The first kappa shape index (κ1) is 17.3. The van der Waals surface area contributed by atoms with Crippen LogP contribution < -0.4 is 10.2 Å². The molecule has 0 unspecified atom stereocenters. The fourth-order valence-corrected chi connectivity index (χ4v) is 3.74. The summed E-state index contributed by atoms with van der Waals surface area (Å²) in [6, 6.07) is 26.8. The molecule has 1 N–H and O–H groups in total. The van der Waals surface area contributed by atoms with E-state index in [1.807, 2.05) is 41.3 Å². The molecule has 0 aromatic heterocycles. The van der Waals surface area contributed by atoms with Crippen LogP contribution in [0.2, 0.25) is 0 Å². The van der Waals surface area contributed by atoms with Crippen LogP contribution >= 0.6 is 0 Å². The molecule has 2 amide bonds. The Balaban J connectivity index is 1.53. The van der Waals surface area contributed by atoms with Gasteiger partial charge in [-0.1, -0.05) is 72.8 Å². The van der Waals surface area contributed by atoms with E-state index in [0.29, 0.717) is 6.54 Å². The number of nitrogens with zero attached hydrogens (tertiary/aromatic N) is 1. The van der Waals surface area contributed by atoms with E-state index in [9.17, 15) is 4.79 Å². The van der Waals surface area contributed by atoms with Crippen molar-refractivity contribution < 1.29 is 4.79 Å². The number of para-hydroxylation sites is 1. The molecule has 0 radical (unpaired) electrons. The van der Waals surface area contributed by atoms with Crippen molar-refractivity contribution in [2.45, 2.75) is 25.8 Å². The molecule has 3 nitrogen and oxygen atoms in total. The van der Waals surface area contributed by atoms with Gasteiger partial charge in [-0.15, -0.1) is 0 Å². The van der Waals surface area contributed by atoms with Crippen molar-refractivity contribution in [3.05, 3.63) is 90.0 Å². The van der Waals surface area contributed by atoms with Gasteiger partial charge in [-0.25, -0.2) is 4.79 Å². The Bertz CT molecular complexity index is 920. The van der Waals surface area contributed by atoms with Crippen LogP contribution in [0, 0.1) is 0 Å². The molecule has 0 atom stereocenters. The van der Waals surface area contributed by atoms with Gasteiger partial charge in [0.25, 0.3) is 0 Å². The SMILES string of the molecule is O=C(NCc1ccccc1-c1ccccc1)N1CCCCc2ccccc21. The zero-order valence-corrected chi connectivity index (χ0v) is 15.4. The van der Waals surface area contributed by atoms with Crippen LogP contribution in [0.15, 0.2) is 78.9 Å². The number of hydrogen-bond acceptors (Lipinski definition) is 1. The third-order valence-corrected chi connectivity index (χ3v) is 5.14. The summed E-state index contributed by atoms with van der Waals surface area (Å²) in [7, 11) is 0. The van der Waals surface area contributed by atoms with Crippen LogP contribution in [0.4, 0.5) is 10.5 Å². The number of urea groups is 1. The summed E-state index contributed by atoms with van der Waals surface area (Å²) >= 11 is 0. The molecule has 3 heteroatoms. The molecule has 136 valence electrons. The number of amides is 2. The number of anilines is 1. The Kier molecular flexibility index (Phi) is 5.20. The number of nitrogens with one attached hydrogen (secondary N) is 1. The minimum atomic E-state index is -0.0211. The number of carbonyl (C=O) groups excluding carboxylic acids is 1. The maximum Gasteiger partial charge on any atom is 0.322 e. The van der Waals surface area contributed by atoms with Crippen molar-refractivity contribution in [3.8, 4) is 11.1 Å². The summed E-state index contributed by atoms with van der Waals surface area (Å²) in [5, 5.41) is 3.13. The number of fused-ring (bicyclic) bond motifs is 1. The molecule has 3 aromatic rings. The summed E-state index contributed by atoms with van der Waals surface area (Å²) < 4.78 is 0. The molecule has 1 aliphatic heterocycles. The van der Waals surface area contributed by atoms with Crippen molar-refractivity contribution in [2.75, 3.05) is 11.4 Å². The number of aryl methyl sites for hydroxylation is 1. The van der Waals surface area contributed by atoms with Crippen molar-refractivity contribution in [2.24, 2.45) is 0 Å². The topological polar surface area (TPSA) is 32.3 Å². The molecular weight excluding hydrogens is 332 g/mol. The van der Waals surface area contributed by atoms with E-state index in [1.165, 1.54) is 11.1 Å². The van der Waals surface area contributed by atoms with Gasteiger partial charge in [-0.3, -0.25) is 4.90 Å². The van der Waals surface area contributed by atoms with Crippen LogP contribution in [-0.2, 0) is 13.0 Å². The molecule has 1 aliphatic rings. The Morgan fingerprint density at radius 2 is 1.59 bits per heavy atom. The van der Waals surface area contributed by atoms with Crippen molar-refractivity contribution >= 4 is 11.7 Å². The lowest BCUT2D eigenvalue weighted by molar-refractivity contribution is 0.246. The van der Waals surface area contributed by atoms with Gasteiger partial charge in [-0.05, 0) is 47.6 Å². The second-order valence-electron chi connectivity index (χ2n) is 6.92. The van der Waals surface area contributed by atoms with E-state index in [0.717, 1.165) is 42.6 Å². The van der Waals surface area contributed by atoms with Gasteiger partial charge in [0.15, 0.2) is 0 Å². The third-order valence-electron chi connectivity index (χ3n) is 5.14. The molecule has 0 spiro atoms. The highest BCUT2D eigenvalue weighted by Gasteiger charge is 2.20.